The highest BCUT2D eigenvalue weighted by Crippen LogP contribution is 2.32. The molecule has 1 heterocycles. The van der Waals surface area contributed by atoms with E-state index in [9.17, 15) is 22.8 Å². The number of amides is 2. The highest BCUT2D eigenvalue weighted by molar-refractivity contribution is 5.97. The quantitative estimate of drug-likeness (QED) is 0.869. The first kappa shape index (κ1) is 15.1. The molecule has 2 rings (SSSR count). The maximum atomic E-state index is 12.7. The normalized spacial score (nSPS) is 18.7. The molecule has 0 aromatic heterocycles. The average molecular weight is 298 g/mol. The Morgan fingerprint density at radius 3 is 2.76 bits per heavy atom. The van der Waals surface area contributed by atoms with Crippen molar-refractivity contribution < 1.29 is 22.8 Å². The molecule has 1 aromatic carbocycles. The van der Waals surface area contributed by atoms with Crippen LogP contribution in [0.25, 0.3) is 0 Å². The SMILES string of the molecule is C=CC(=O)NC1CC(=O)N(c2cccc(C(F)(F)F)c2)C1. The second-order valence-corrected chi connectivity index (χ2v) is 4.67. The van der Waals surface area contributed by atoms with Gasteiger partial charge in [0.2, 0.25) is 11.8 Å². The van der Waals surface area contributed by atoms with Gasteiger partial charge in [0.25, 0.3) is 0 Å². The van der Waals surface area contributed by atoms with Crippen LogP contribution in [0.3, 0.4) is 0 Å². The van der Waals surface area contributed by atoms with Crippen molar-refractivity contribution in [2.75, 3.05) is 11.4 Å². The molecule has 1 unspecified atom stereocenters. The van der Waals surface area contributed by atoms with Crippen LogP contribution in [0.15, 0.2) is 36.9 Å². The third-order valence-corrected chi connectivity index (χ3v) is 3.14. The largest absolute Gasteiger partial charge is 0.416 e. The van der Waals surface area contributed by atoms with E-state index in [1.54, 1.807) is 0 Å². The van der Waals surface area contributed by atoms with Crippen molar-refractivity contribution in [3.8, 4) is 0 Å². The number of hydrogen-bond donors (Lipinski definition) is 1. The summed E-state index contributed by atoms with van der Waals surface area (Å²) in [5.74, 6) is -0.748. The van der Waals surface area contributed by atoms with E-state index in [0.29, 0.717) is 0 Å². The van der Waals surface area contributed by atoms with Crippen LogP contribution in [0, 0.1) is 0 Å². The molecular weight excluding hydrogens is 285 g/mol. The van der Waals surface area contributed by atoms with Crippen molar-refractivity contribution in [1.82, 2.24) is 5.32 Å². The number of carbonyl (C=O) groups excluding carboxylic acids is 2. The number of rotatable bonds is 3. The first-order valence-corrected chi connectivity index (χ1v) is 6.22. The van der Waals surface area contributed by atoms with Crippen LogP contribution in [0.1, 0.15) is 12.0 Å². The van der Waals surface area contributed by atoms with Gasteiger partial charge in [0.1, 0.15) is 0 Å². The van der Waals surface area contributed by atoms with Crippen molar-refractivity contribution >= 4 is 17.5 Å². The van der Waals surface area contributed by atoms with Gasteiger partial charge in [-0.3, -0.25) is 9.59 Å². The maximum absolute atomic E-state index is 12.7. The minimum atomic E-state index is -4.46. The predicted octanol–water partition coefficient (Wildman–Crippen LogP) is 2.11. The molecule has 4 nitrogen and oxygen atoms in total. The van der Waals surface area contributed by atoms with Gasteiger partial charge < -0.3 is 10.2 Å². The summed E-state index contributed by atoms with van der Waals surface area (Å²) in [6.45, 7) is 3.44. The standard InChI is InChI=1S/C14H13F3N2O2/c1-2-12(20)18-10-7-13(21)19(8-10)11-5-3-4-9(6-11)14(15,16)17/h2-6,10H,1,7-8H2,(H,18,20). The molecule has 1 N–H and O–H groups in total. The van der Waals surface area contributed by atoms with E-state index in [4.69, 9.17) is 0 Å². The summed E-state index contributed by atoms with van der Waals surface area (Å²) in [6.07, 6.45) is -3.33. The highest BCUT2D eigenvalue weighted by Gasteiger charge is 2.34. The smallest absolute Gasteiger partial charge is 0.348 e. The lowest BCUT2D eigenvalue weighted by atomic mass is 10.2. The molecule has 21 heavy (non-hydrogen) atoms. The van der Waals surface area contributed by atoms with E-state index < -0.39 is 23.7 Å². The second kappa shape index (κ2) is 5.59. The Hall–Kier alpha value is -2.31. The zero-order valence-electron chi connectivity index (χ0n) is 11.0. The molecule has 0 aliphatic carbocycles. The van der Waals surface area contributed by atoms with E-state index in [1.165, 1.54) is 17.0 Å². The van der Waals surface area contributed by atoms with Crippen LogP contribution in [0.2, 0.25) is 0 Å². The van der Waals surface area contributed by atoms with Gasteiger partial charge in [0, 0.05) is 18.7 Å². The fourth-order valence-corrected chi connectivity index (χ4v) is 2.16. The molecule has 0 saturated carbocycles. The molecule has 1 aliphatic heterocycles. The van der Waals surface area contributed by atoms with Gasteiger partial charge in [-0.05, 0) is 24.3 Å². The van der Waals surface area contributed by atoms with Gasteiger partial charge in [0.15, 0.2) is 0 Å². The summed E-state index contributed by atoms with van der Waals surface area (Å²) >= 11 is 0. The van der Waals surface area contributed by atoms with Crippen LogP contribution < -0.4 is 10.2 Å². The average Bonchev–Trinajstić information content (AvgIpc) is 2.78. The zero-order valence-corrected chi connectivity index (χ0v) is 11.0. The minimum Gasteiger partial charge on any atom is -0.348 e. The van der Waals surface area contributed by atoms with E-state index in [2.05, 4.69) is 11.9 Å². The lowest BCUT2D eigenvalue weighted by Crippen LogP contribution is -2.36. The Morgan fingerprint density at radius 2 is 2.14 bits per heavy atom. The molecule has 1 fully saturated rings. The first-order chi connectivity index (χ1) is 9.81. The Bertz CT molecular complexity index is 584. The number of alkyl halides is 3. The van der Waals surface area contributed by atoms with E-state index in [-0.39, 0.29) is 24.6 Å². The monoisotopic (exact) mass is 298 g/mol. The molecule has 1 aromatic rings. The molecule has 1 saturated heterocycles. The van der Waals surface area contributed by atoms with E-state index >= 15 is 0 Å². The molecule has 0 radical (unpaired) electrons. The molecule has 1 atom stereocenters. The van der Waals surface area contributed by atoms with Gasteiger partial charge in [0.05, 0.1) is 11.6 Å². The van der Waals surface area contributed by atoms with Crippen molar-refractivity contribution in [3.63, 3.8) is 0 Å². The number of carbonyl (C=O) groups is 2. The zero-order chi connectivity index (χ0) is 15.6. The summed E-state index contributed by atoms with van der Waals surface area (Å²) in [6, 6.07) is 4.13. The molecule has 112 valence electrons. The third kappa shape index (κ3) is 3.42. The third-order valence-electron chi connectivity index (χ3n) is 3.14. The molecule has 0 bridgehead atoms. The fourth-order valence-electron chi connectivity index (χ4n) is 2.16. The van der Waals surface area contributed by atoms with Crippen molar-refractivity contribution in [2.24, 2.45) is 0 Å². The fraction of sp³-hybridized carbons (Fsp3) is 0.286. The van der Waals surface area contributed by atoms with Crippen LogP contribution in [0.4, 0.5) is 18.9 Å². The molecule has 2 amide bonds. The number of benzene rings is 1. The van der Waals surface area contributed by atoms with Crippen LogP contribution >= 0.6 is 0 Å². The topological polar surface area (TPSA) is 49.4 Å². The Labute approximate surface area is 119 Å². The number of halogens is 3. The minimum absolute atomic E-state index is 0.0514. The molecule has 0 spiro atoms. The lowest BCUT2D eigenvalue weighted by Gasteiger charge is -2.18. The van der Waals surface area contributed by atoms with Gasteiger partial charge >= 0.3 is 6.18 Å². The van der Waals surface area contributed by atoms with Crippen molar-refractivity contribution in [2.45, 2.75) is 18.6 Å². The second-order valence-electron chi connectivity index (χ2n) is 4.67. The lowest BCUT2D eigenvalue weighted by molar-refractivity contribution is -0.137. The van der Waals surface area contributed by atoms with Crippen LogP contribution in [-0.2, 0) is 15.8 Å². The summed E-state index contributed by atoms with van der Waals surface area (Å²) in [5, 5.41) is 2.56. The summed E-state index contributed by atoms with van der Waals surface area (Å²) < 4.78 is 38.0. The Morgan fingerprint density at radius 1 is 1.43 bits per heavy atom. The van der Waals surface area contributed by atoms with Crippen molar-refractivity contribution in [1.29, 1.82) is 0 Å². The van der Waals surface area contributed by atoms with Crippen LogP contribution in [0.5, 0.6) is 0 Å². The van der Waals surface area contributed by atoms with E-state index in [0.717, 1.165) is 18.2 Å². The van der Waals surface area contributed by atoms with Gasteiger partial charge in [-0.2, -0.15) is 13.2 Å². The van der Waals surface area contributed by atoms with Gasteiger partial charge in [-0.1, -0.05) is 12.6 Å². The molecular formula is C14H13F3N2O2. The number of anilines is 1. The summed E-state index contributed by atoms with van der Waals surface area (Å²) in [5.41, 5.74) is -0.642. The van der Waals surface area contributed by atoms with Crippen LogP contribution in [-0.4, -0.2) is 24.4 Å². The molecule has 1 aliphatic rings. The Balaban J connectivity index is 2.17. The summed E-state index contributed by atoms with van der Waals surface area (Å²) in [7, 11) is 0. The number of hydrogen-bond acceptors (Lipinski definition) is 2. The van der Waals surface area contributed by atoms with Gasteiger partial charge in [-0.15, -0.1) is 0 Å². The van der Waals surface area contributed by atoms with Crippen molar-refractivity contribution in [3.05, 3.63) is 42.5 Å². The highest BCUT2D eigenvalue weighted by atomic mass is 19.4. The summed E-state index contributed by atoms with van der Waals surface area (Å²) in [4.78, 5) is 24.3. The predicted molar refractivity (Wildman–Crippen MR) is 70.5 cm³/mol. The first-order valence-electron chi connectivity index (χ1n) is 6.22. The number of nitrogens with one attached hydrogen (secondary N) is 1. The molecule has 7 heteroatoms. The van der Waals surface area contributed by atoms with Gasteiger partial charge in [-0.25, -0.2) is 0 Å². The number of nitrogens with zero attached hydrogens (tertiary/aromatic N) is 1. The maximum Gasteiger partial charge on any atom is 0.416 e. The van der Waals surface area contributed by atoms with E-state index in [1.807, 2.05) is 0 Å². The Kier molecular flexibility index (Phi) is 4.02.